The number of nitrogen functional groups attached to an aromatic ring is 1. The van der Waals surface area contributed by atoms with Gasteiger partial charge in [0.25, 0.3) is 0 Å². The van der Waals surface area contributed by atoms with E-state index >= 15 is 0 Å². The third-order valence-electron chi connectivity index (χ3n) is 2.51. The lowest BCUT2D eigenvalue weighted by Gasteiger charge is -2.12. The third kappa shape index (κ3) is 4.16. The molecule has 0 aromatic heterocycles. The Labute approximate surface area is 107 Å². The van der Waals surface area contributed by atoms with Gasteiger partial charge in [-0.1, -0.05) is 0 Å². The first kappa shape index (κ1) is 14.2. The summed E-state index contributed by atoms with van der Waals surface area (Å²) in [6.07, 6.45) is 1.14. The number of ether oxygens (including phenoxy) is 2. The van der Waals surface area contributed by atoms with Crippen molar-refractivity contribution in [3.8, 4) is 11.5 Å². The Hall–Kier alpha value is -1.91. The fraction of sp³-hybridized carbons (Fsp3) is 0.462. The van der Waals surface area contributed by atoms with Gasteiger partial charge in [0.2, 0.25) is 5.91 Å². The fourth-order valence-corrected chi connectivity index (χ4v) is 1.41. The lowest BCUT2D eigenvalue weighted by molar-refractivity contribution is -0.128. The molecular weight excluding hydrogens is 232 g/mol. The predicted octanol–water partition coefficient (Wildman–Crippen LogP) is 1.52. The molecule has 5 nitrogen and oxygen atoms in total. The van der Waals surface area contributed by atoms with Gasteiger partial charge in [-0.25, -0.2) is 0 Å². The van der Waals surface area contributed by atoms with Crippen LogP contribution < -0.4 is 15.2 Å². The second-order valence-electron chi connectivity index (χ2n) is 4.14. The van der Waals surface area contributed by atoms with Gasteiger partial charge in [0.1, 0.15) is 11.5 Å². The molecule has 0 atom stereocenters. The molecule has 0 unspecified atom stereocenters. The normalized spacial score (nSPS) is 9.94. The van der Waals surface area contributed by atoms with Crippen molar-refractivity contribution in [3.05, 3.63) is 18.2 Å². The molecule has 0 spiro atoms. The summed E-state index contributed by atoms with van der Waals surface area (Å²) in [4.78, 5) is 12.9. The molecule has 2 N–H and O–H groups in total. The van der Waals surface area contributed by atoms with E-state index in [1.807, 2.05) is 0 Å². The largest absolute Gasteiger partial charge is 0.497 e. The monoisotopic (exact) mass is 252 g/mol. The van der Waals surface area contributed by atoms with Crippen LogP contribution in [0.25, 0.3) is 0 Å². The molecule has 0 bridgehead atoms. The molecule has 5 heteroatoms. The molecular formula is C13H20N2O3. The van der Waals surface area contributed by atoms with Gasteiger partial charge in [-0.05, 0) is 18.6 Å². The van der Waals surface area contributed by atoms with Gasteiger partial charge in [-0.3, -0.25) is 4.79 Å². The Morgan fingerprint density at radius 2 is 2.11 bits per heavy atom. The van der Waals surface area contributed by atoms with Crippen LogP contribution in [0.15, 0.2) is 18.2 Å². The molecule has 1 amide bonds. The van der Waals surface area contributed by atoms with Crippen LogP contribution in [0.1, 0.15) is 12.8 Å². The number of hydrogen-bond acceptors (Lipinski definition) is 4. The van der Waals surface area contributed by atoms with Crippen molar-refractivity contribution in [2.75, 3.05) is 33.5 Å². The van der Waals surface area contributed by atoms with Crippen molar-refractivity contribution < 1.29 is 14.3 Å². The molecule has 0 aliphatic rings. The molecule has 18 heavy (non-hydrogen) atoms. The molecule has 100 valence electrons. The van der Waals surface area contributed by atoms with Crippen LogP contribution in [0, 0.1) is 0 Å². The maximum absolute atomic E-state index is 11.3. The second-order valence-corrected chi connectivity index (χ2v) is 4.14. The van der Waals surface area contributed by atoms with Crippen LogP contribution in [0.3, 0.4) is 0 Å². The molecule has 1 rings (SSSR count). The zero-order valence-electron chi connectivity index (χ0n) is 11.1. The van der Waals surface area contributed by atoms with E-state index in [0.29, 0.717) is 36.6 Å². The lowest BCUT2D eigenvalue weighted by atomic mass is 10.2. The molecule has 0 fully saturated rings. The number of nitrogens with two attached hydrogens (primary N) is 1. The molecule has 0 saturated heterocycles. The molecule has 0 heterocycles. The molecule has 0 aliphatic heterocycles. The van der Waals surface area contributed by atoms with Crippen LogP contribution >= 0.6 is 0 Å². The second kappa shape index (κ2) is 6.74. The Morgan fingerprint density at radius 3 is 2.67 bits per heavy atom. The number of benzene rings is 1. The highest BCUT2D eigenvalue weighted by molar-refractivity contribution is 5.75. The number of hydrogen-bond donors (Lipinski definition) is 1. The number of rotatable bonds is 6. The number of carbonyl (C=O) groups is 1. The average Bonchev–Trinajstić information content (AvgIpc) is 2.35. The Morgan fingerprint density at radius 1 is 1.39 bits per heavy atom. The SMILES string of the molecule is COc1ccc(OCCCC(=O)N(C)C)c(N)c1. The summed E-state index contributed by atoms with van der Waals surface area (Å²) >= 11 is 0. The van der Waals surface area contributed by atoms with Gasteiger partial charge >= 0.3 is 0 Å². The Kier molecular flexibility index (Phi) is 5.30. The van der Waals surface area contributed by atoms with Crippen molar-refractivity contribution in [2.45, 2.75) is 12.8 Å². The number of amides is 1. The number of carbonyl (C=O) groups excluding carboxylic acids is 1. The van der Waals surface area contributed by atoms with Crippen LogP contribution in [0.4, 0.5) is 5.69 Å². The highest BCUT2D eigenvalue weighted by Crippen LogP contribution is 2.26. The summed E-state index contributed by atoms with van der Waals surface area (Å²) in [6, 6.07) is 5.26. The standard InChI is InChI=1S/C13H20N2O3/c1-15(2)13(16)5-4-8-18-12-7-6-10(17-3)9-11(12)14/h6-7,9H,4-5,8,14H2,1-3H3. The summed E-state index contributed by atoms with van der Waals surface area (Å²) in [6.45, 7) is 0.468. The van der Waals surface area contributed by atoms with Gasteiger partial charge in [-0.2, -0.15) is 0 Å². The molecule has 0 saturated carbocycles. The van der Waals surface area contributed by atoms with E-state index in [1.54, 1.807) is 44.3 Å². The van der Waals surface area contributed by atoms with Crippen LogP contribution in [-0.2, 0) is 4.79 Å². The minimum absolute atomic E-state index is 0.0984. The first-order valence-corrected chi connectivity index (χ1v) is 5.81. The van der Waals surface area contributed by atoms with Gasteiger partial charge < -0.3 is 20.1 Å². The van der Waals surface area contributed by atoms with Crippen LogP contribution in [0.5, 0.6) is 11.5 Å². The maximum atomic E-state index is 11.3. The maximum Gasteiger partial charge on any atom is 0.222 e. The Balaban J connectivity index is 2.38. The van der Waals surface area contributed by atoms with Gasteiger partial charge in [0.15, 0.2) is 0 Å². The van der Waals surface area contributed by atoms with E-state index in [2.05, 4.69) is 0 Å². The van der Waals surface area contributed by atoms with Crippen molar-refractivity contribution in [1.82, 2.24) is 4.90 Å². The summed E-state index contributed by atoms with van der Waals surface area (Å²) in [7, 11) is 5.07. The van der Waals surface area contributed by atoms with Crippen molar-refractivity contribution in [2.24, 2.45) is 0 Å². The van der Waals surface area contributed by atoms with Crippen molar-refractivity contribution >= 4 is 11.6 Å². The summed E-state index contributed by atoms with van der Waals surface area (Å²) < 4.78 is 10.6. The van der Waals surface area contributed by atoms with Crippen LogP contribution in [0.2, 0.25) is 0 Å². The minimum atomic E-state index is 0.0984. The quantitative estimate of drug-likeness (QED) is 0.616. The fourth-order valence-electron chi connectivity index (χ4n) is 1.41. The summed E-state index contributed by atoms with van der Waals surface area (Å²) in [5, 5.41) is 0. The number of nitrogens with zero attached hydrogens (tertiary/aromatic N) is 1. The van der Waals surface area contributed by atoms with E-state index in [9.17, 15) is 4.79 Å². The third-order valence-corrected chi connectivity index (χ3v) is 2.51. The average molecular weight is 252 g/mol. The highest BCUT2D eigenvalue weighted by atomic mass is 16.5. The minimum Gasteiger partial charge on any atom is -0.497 e. The molecule has 1 aromatic carbocycles. The lowest BCUT2D eigenvalue weighted by Crippen LogP contribution is -2.21. The first-order valence-electron chi connectivity index (χ1n) is 5.81. The highest BCUT2D eigenvalue weighted by Gasteiger charge is 2.05. The molecule has 0 radical (unpaired) electrons. The zero-order valence-corrected chi connectivity index (χ0v) is 11.1. The summed E-state index contributed by atoms with van der Waals surface area (Å²) in [5.41, 5.74) is 6.34. The van der Waals surface area contributed by atoms with Gasteiger partial charge in [0, 0.05) is 26.6 Å². The van der Waals surface area contributed by atoms with Gasteiger partial charge in [-0.15, -0.1) is 0 Å². The van der Waals surface area contributed by atoms with Gasteiger partial charge in [0.05, 0.1) is 19.4 Å². The topological polar surface area (TPSA) is 64.8 Å². The van der Waals surface area contributed by atoms with E-state index in [1.165, 1.54) is 0 Å². The smallest absolute Gasteiger partial charge is 0.222 e. The number of anilines is 1. The zero-order chi connectivity index (χ0) is 13.5. The Bertz CT molecular complexity index is 405. The van der Waals surface area contributed by atoms with Crippen molar-refractivity contribution in [1.29, 1.82) is 0 Å². The van der Waals surface area contributed by atoms with Crippen molar-refractivity contribution in [3.63, 3.8) is 0 Å². The summed E-state index contributed by atoms with van der Waals surface area (Å²) in [5.74, 6) is 1.41. The van der Waals surface area contributed by atoms with Crippen LogP contribution in [-0.4, -0.2) is 38.6 Å². The number of methoxy groups -OCH3 is 1. The van der Waals surface area contributed by atoms with E-state index in [4.69, 9.17) is 15.2 Å². The van der Waals surface area contributed by atoms with E-state index < -0.39 is 0 Å². The predicted molar refractivity (Wildman–Crippen MR) is 70.8 cm³/mol. The van der Waals surface area contributed by atoms with E-state index in [0.717, 1.165) is 0 Å². The molecule has 0 aliphatic carbocycles. The first-order chi connectivity index (χ1) is 8.54. The van der Waals surface area contributed by atoms with E-state index in [-0.39, 0.29) is 5.91 Å². The molecule has 1 aromatic rings.